The van der Waals surface area contributed by atoms with Gasteiger partial charge in [-0.2, -0.15) is 0 Å². The standard InChI is InChI=1S/C14H23BrN2OS/c1-10-11(15)9-13(19-10)14-12(16)5-3-4-6-17(14)7-8-18-2/h9,12,14H,3-8,16H2,1-2H3. The molecule has 1 saturated heterocycles. The molecule has 0 spiro atoms. The van der Waals surface area contributed by atoms with Gasteiger partial charge in [0.05, 0.1) is 12.6 Å². The predicted molar refractivity (Wildman–Crippen MR) is 84.8 cm³/mol. The van der Waals surface area contributed by atoms with Crippen LogP contribution in [-0.4, -0.2) is 37.7 Å². The Labute approximate surface area is 128 Å². The minimum Gasteiger partial charge on any atom is -0.383 e. The van der Waals surface area contributed by atoms with Gasteiger partial charge in [-0.25, -0.2) is 0 Å². The second-order valence-corrected chi connectivity index (χ2v) is 7.33. The van der Waals surface area contributed by atoms with E-state index < -0.39 is 0 Å². The number of nitrogens with zero attached hydrogens (tertiary/aromatic N) is 1. The summed E-state index contributed by atoms with van der Waals surface area (Å²) < 4.78 is 6.45. The normalized spacial score (nSPS) is 25.5. The van der Waals surface area contributed by atoms with E-state index in [4.69, 9.17) is 10.5 Å². The number of ether oxygens (including phenoxy) is 1. The van der Waals surface area contributed by atoms with Crippen LogP contribution in [0.3, 0.4) is 0 Å². The molecule has 1 aromatic heterocycles. The number of methoxy groups -OCH3 is 1. The monoisotopic (exact) mass is 346 g/mol. The average molecular weight is 347 g/mol. The molecule has 2 N–H and O–H groups in total. The Hall–Kier alpha value is 0.0600. The van der Waals surface area contributed by atoms with E-state index in [1.54, 1.807) is 7.11 Å². The Kier molecular flexibility index (Phi) is 5.84. The van der Waals surface area contributed by atoms with E-state index in [9.17, 15) is 0 Å². The van der Waals surface area contributed by atoms with Crippen LogP contribution in [0.5, 0.6) is 0 Å². The topological polar surface area (TPSA) is 38.5 Å². The molecule has 0 aromatic carbocycles. The lowest BCUT2D eigenvalue weighted by Gasteiger charge is -2.32. The molecule has 108 valence electrons. The van der Waals surface area contributed by atoms with E-state index in [-0.39, 0.29) is 6.04 Å². The van der Waals surface area contributed by atoms with E-state index in [2.05, 4.69) is 33.8 Å². The number of hydrogen-bond donors (Lipinski definition) is 1. The highest BCUT2D eigenvalue weighted by Gasteiger charge is 2.30. The van der Waals surface area contributed by atoms with Gasteiger partial charge in [-0.1, -0.05) is 6.42 Å². The fraction of sp³-hybridized carbons (Fsp3) is 0.714. The van der Waals surface area contributed by atoms with Crippen LogP contribution >= 0.6 is 27.3 Å². The molecule has 1 fully saturated rings. The molecule has 0 aliphatic carbocycles. The molecule has 19 heavy (non-hydrogen) atoms. The fourth-order valence-electron chi connectivity index (χ4n) is 2.74. The zero-order valence-corrected chi connectivity index (χ0v) is 14.1. The van der Waals surface area contributed by atoms with Crippen LogP contribution in [0.1, 0.15) is 35.1 Å². The first kappa shape index (κ1) is 15.4. The van der Waals surface area contributed by atoms with Crippen LogP contribution in [0, 0.1) is 6.92 Å². The number of thiophene rings is 1. The maximum absolute atomic E-state index is 6.44. The summed E-state index contributed by atoms with van der Waals surface area (Å²) in [6, 6.07) is 2.81. The Morgan fingerprint density at radius 3 is 2.95 bits per heavy atom. The predicted octanol–water partition coefficient (Wildman–Crippen LogP) is 3.32. The third-order valence-electron chi connectivity index (χ3n) is 3.78. The van der Waals surface area contributed by atoms with Crippen molar-refractivity contribution in [2.75, 3.05) is 26.8 Å². The van der Waals surface area contributed by atoms with Crippen molar-refractivity contribution in [3.05, 3.63) is 20.3 Å². The maximum Gasteiger partial charge on any atom is 0.0594 e. The van der Waals surface area contributed by atoms with Gasteiger partial charge in [0, 0.05) is 33.9 Å². The number of rotatable bonds is 4. The summed E-state index contributed by atoms with van der Waals surface area (Å²) in [6.07, 6.45) is 3.58. The molecule has 1 aliphatic heterocycles. The van der Waals surface area contributed by atoms with Crippen molar-refractivity contribution in [3.63, 3.8) is 0 Å². The Bertz CT molecular complexity index is 391. The van der Waals surface area contributed by atoms with Crippen molar-refractivity contribution >= 4 is 27.3 Å². The lowest BCUT2D eigenvalue weighted by atomic mass is 10.0. The number of aryl methyl sites for hydroxylation is 1. The van der Waals surface area contributed by atoms with Crippen molar-refractivity contribution in [2.24, 2.45) is 5.73 Å². The van der Waals surface area contributed by atoms with Crippen LogP contribution in [0.2, 0.25) is 0 Å². The molecule has 0 saturated carbocycles. The number of hydrogen-bond acceptors (Lipinski definition) is 4. The number of nitrogens with two attached hydrogens (primary N) is 1. The van der Waals surface area contributed by atoms with E-state index in [0.29, 0.717) is 6.04 Å². The quantitative estimate of drug-likeness (QED) is 0.908. The Balaban J connectivity index is 2.22. The molecule has 3 nitrogen and oxygen atoms in total. The maximum atomic E-state index is 6.44. The molecular weight excluding hydrogens is 324 g/mol. The first-order valence-corrected chi connectivity index (χ1v) is 8.49. The van der Waals surface area contributed by atoms with Crippen LogP contribution < -0.4 is 5.73 Å². The van der Waals surface area contributed by atoms with Gasteiger partial charge in [-0.15, -0.1) is 11.3 Å². The lowest BCUT2D eigenvalue weighted by Crippen LogP contribution is -2.40. The summed E-state index contributed by atoms with van der Waals surface area (Å²) in [5.41, 5.74) is 6.44. The van der Waals surface area contributed by atoms with E-state index in [1.165, 1.54) is 27.1 Å². The summed E-state index contributed by atoms with van der Waals surface area (Å²) in [6.45, 7) is 5.01. The molecule has 2 rings (SSSR count). The second-order valence-electron chi connectivity index (χ2n) is 5.19. The molecule has 2 unspecified atom stereocenters. The molecule has 1 aliphatic rings. The fourth-order valence-corrected chi connectivity index (χ4v) is 4.51. The first-order valence-electron chi connectivity index (χ1n) is 6.88. The first-order chi connectivity index (χ1) is 9.13. The minimum absolute atomic E-state index is 0.226. The van der Waals surface area contributed by atoms with Crippen LogP contribution in [-0.2, 0) is 4.74 Å². The van der Waals surface area contributed by atoms with Gasteiger partial charge in [-0.3, -0.25) is 4.90 Å². The van der Waals surface area contributed by atoms with E-state index in [1.807, 2.05) is 11.3 Å². The largest absolute Gasteiger partial charge is 0.383 e. The van der Waals surface area contributed by atoms with Crippen molar-refractivity contribution < 1.29 is 4.74 Å². The number of likely N-dealkylation sites (tertiary alicyclic amines) is 1. The van der Waals surface area contributed by atoms with Crippen LogP contribution in [0.25, 0.3) is 0 Å². The molecule has 1 aromatic rings. The van der Waals surface area contributed by atoms with Crippen molar-refractivity contribution in [3.8, 4) is 0 Å². The lowest BCUT2D eigenvalue weighted by molar-refractivity contribution is 0.116. The van der Waals surface area contributed by atoms with E-state index in [0.717, 1.165) is 26.1 Å². The third-order valence-corrected chi connectivity index (χ3v) is 5.99. The van der Waals surface area contributed by atoms with Gasteiger partial charge in [0.1, 0.15) is 0 Å². The summed E-state index contributed by atoms with van der Waals surface area (Å²) >= 11 is 5.48. The molecule has 0 radical (unpaired) electrons. The highest BCUT2D eigenvalue weighted by molar-refractivity contribution is 9.10. The summed E-state index contributed by atoms with van der Waals surface area (Å²) in [4.78, 5) is 5.21. The van der Waals surface area contributed by atoms with Gasteiger partial charge in [-0.05, 0) is 48.3 Å². The molecule has 2 atom stereocenters. The average Bonchev–Trinajstić information content (AvgIpc) is 2.60. The molecule has 0 bridgehead atoms. The zero-order chi connectivity index (χ0) is 13.8. The molecule has 2 heterocycles. The summed E-state index contributed by atoms with van der Waals surface area (Å²) in [5.74, 6) is 0. The van der Waals surface area contributed by atoms with Gasteiger partial charge in [0.15, 0.2) is 0 Å². The van der Waals surface area contributed by atoms with Crippen LogP contribution in [0.4, 0.5) is 0 Å². The van der Waals surface area contributed by atoms with Crippen molar-refractivity contribution in [2.45, 2.75) is 38.3 Å². The van der Waals surface area contributed by atoms with Crippen molar-refractivity contribution in [1.82, 2.24) is 4.90 Å². The number of halogens is 1. The SMILES string of the molecule is COCCN1CCCCC(N)C1c1cc(Br)c(C)s1. The molecule has 5 heteroatoms. The van der Waals surface area contributed by atoms with Crippen LogP contribution in [0.15, 0.2) is 10.5 Å². The summed E-state index contributed by atoms with van der Waals surface area (Å²) in [5, 5.41) is 0. The van der Waals surface area contributed by atoms with Gasteiger partial charge in [0.25, 0.3) is 0 Å². The van der Waals surface area contributed by atoms with Gasteiger partial charge in [0.2, 0.25) is 0 Å². The smallest absolute Gasteiger partial charge is 0.0594 e. The summed E-state index contributed by atoms with van der Waals surface area (Å²) in [7, 11) is 1.76. The highest BCUT2D eigenvalue weighted by atomic mass is 79.9. The molecular formula is C14H23BrN2OS. The van der Waals surface area contributed by atoms with E-state index >= 15 is 0 Å². The van der Waals surface area contributed by atoms with Gasteiger partial charge >= 0.3 is 0 Å². The zero-order valence-electron chi connectivity index (χ0n) is 11.7. The van der Waals surface area contributed by atoms with Gasteiger partial charge < -0.3 is 10.5 Å². The Morgan fingerprint density at radius 2 is 2.32 bits per heavy atom. The highest BCUT2D eigenvalue weighted by Crippen LogP contribution is 2.37. The second kappa shape index (κ2) is 7.18. The Morgan fingerprint density at radius 1 is 1.53 bits per heavy atom. The minimum atomic E-state index is 0.226. The molecule has 0 amide bonds. The third kappa shape index (κ3) is 3.79. The van der Waals surface area contributed by atoms with Crippen molar-refractivity contribution in [1.29, 1.82) is 0 Å².